The second kappa shape index (κ2) is 7.31. The molecule has 0 saturated heterocycles. The Morgan fingerprint density at radius 1 is 1.11 bits per heavy atom. The molecule has 1 aliphatic rings. The van der Waals surface area contributed by atoms with Crippen LogP contribution < -0.4 is 4.74 Å². The molecule has 1 heterocycles. The number of amides is 1. The third-order valence-electron chi connectivity index (χ3n) is 5.39. The highest BCUT2D eigenvalue weighted by molar-refractivity contribution is 5.86. The number of ether oxygens (including phenoxy) is 1. The number of carboxylic acid groups (broad SMARTS) is 1. The standard InChI is InChI=1S/C23H23NO3/c1-16(20-11-6-9-17-7-2-4-10-21(17)20)24(23(25)26)15-19-14-13-18-8-3-5-12-22(18)27-19/h2-12,16,19H,13-15H2,1H3,(H,25,26)/t16-,19-/m1/s1. The van der Waals surface area contributed by atoms with E-state index in [9.17, 15) is 9.90 Å². The number of nitrogens with zero attached hydrogens (tertiary/aromatic N) is 1. The van der Waals surface area contributed by atoms with Gasteiger partial charge in [-0.05, 0) is 47.7 Å². The average Bonchev–Trinajstić information content (AvgIpc) is 2.70. The van der Waals surface area contributed by atoms with Crippen LogP contribution in [0.25, 0.3) is 10.8 Å². The van der Waals surface area contributed by atoms with Crippen molar-refractivity contribution in [2.75, 3.05) is 6.54 Å². The van der Waals surface area contributed by atoms with Crippen LogP contribution in [0.2, 0.25) is 0 Å². The van der Waals surface area contributed by atoms with Gasteiger partial charge in [0.25, 0.3) is 0 Å². The summed E-state index contributed by atoms with van der Waals surface area (Å²) in [7, 11) is 0. The van der Waals surface area contributed by atoms with Gasteiger partial charge in [0.05, 0.1) is 12.6 Å². The summed E-state index contributed by atoms with van der Waals surface area (Å²) in [6.45, 7) is 2.31. The maximum Gasteiger partial charge on any atom is 0.407 e. The fourth-order valence-electron chi connectivity index (χ4n) is 3.91. The quantitative estimate of drug-likeness (QED) is 0.688. The largest absolute Gasteiger partial charge is 0.488 e. The molecule has 0 radical (unpaired) electrons. The first-order chi connectivity index (χ1) is 13.1. The van der Waals surface area contributed by atoms with Crippen molar-refractivity contribution >= 4 is 16.9 Å². The van der Waals surface area contributed by atoms with Crippen LogP contribution in [0.3, 0.4) is 0 Å². The zero-order chi connectivity index (χ0) is 18.8. The number of hydrogen-bond acceptors (Lipinski definition) is 2. The Labute approximate surface area is 159 Å². The number of rotatable bonds is 4. The molecule has 1 amide bonds. The van der Waals surface area contributed by atoms with Gasteiger partial charge in [-0.1, -0.05) is 60.7 Å². The minimum atomic E-state index is -0.919. The van der Waals surface area contributed by atoms with Crippen LogP contribution in [0.4, 0.5) is 4.79 Å². The van der Waals surface area contributed by atoms with Crippen molar-refractivity contribution in [2.24, 2.45) is 0 Å². The number of fused-ring (bicyclic) bond motifs is 2. The van der Waals surface area contributed by atoms with Gasteiger partial charge < -0.3 is 9.84 Å². The second-order valence-corrected chi connectivity index (χ2v) is 7.07. The topological polar surface area (TPSA) is 49.8 Å². The number of aryl methyl sites for hydroxylation is 1. The van der Waals surface area contributed by atoms with Gasteiger partial charge in [0, 0.05) is 0 Å². The molecule has 0 bridgehead atoms. The molecule has 27 heavy (non-hydrogen) atoms. The average molecular weight is 361 g/mol. The van der Waals surface area contributed by atoms with Gasteiger partial charge in [-0.2, -0.15) is 0 Å². The monoisotopic (exact) mass is 361 g/mol. The molecule has 3 aromatic rings. The molecular formula is C23H23NO3. The van der Waals surface area contributed by atoms with Crippen molar-refractivity contribution in [2.45, 2.75) is 31.9 Å². The summed E-state index contributed by atoms with van der Waals surface area (Å²) < 4.78 is 6.08. The lowest BCUT2D eigenvalue weighted by atomic mass is 9.97. The van der Waals surface area contributed by atoms with Crippen LogP contribution in [-0.2, 0) is 6.42 Å². The first-order valence-electron chi connectivity index (χ1n) is 9.35. The minimum absolute atomic E-state index is 0.131. The van der Waals surface area contributed by atoms with Gasteiger partial charge in [0.2, 0.25) is 0 Å². The van der Waals surface area contributed by atoms with Crippen molar-refractivity contribution in [3.05, 3.63) is 77.9 Å². The Morgan fingerprint density at radius 2 is 1.85 bits per heavy atom. The van der Waals surface area contributed by atoms with Crippen LogP contribution in [-0.4, -0.2) is 28.7 Å². The third-order valence-corrected chi connectivity index (χ3v) is 5.39. The van der Waals surface area contributed by atoms with Crippen molar-refractivity contribution in [3.8, 4) is 5.75 Å². The third kappa shape index (κ3) is 3.47. The molecule has 4 nitrogen and oxygen atoms in total. The molecule has 1 N–H and O–H groups in total. The Balaban J connectivity index is 1.59. The smallest absolute Gasteiger partial charge is 0.407 e. The van der Waals surface area contributed by atoms with Gasteiger partial charge in [-0.3, -0.25) is 4.90 Å². The SMILES string of the molecule is C[C@H](c1cccc2ccccc12)N(C[C@H]1CCc2ccccc2O1)C(=O)O. The molecule has 0 saturated carbocycles. The van der Waals surface area contributed by atoms with E-state index in [0.29, 0.717) is 6.54 Å². The number of para-hydroxylation sites is 1. The van der Waals surface area contributed by atoms with Crippen LogP contribution in [0.15, 0.2) is 66.7 Å². The van der Waals surface area contributed by atoms with E-state index in [2.05, 4.69) is 24.3 Å². The van der Waals surface area contributed by atoms with Crippen molar-refractivity contribution in [3.63, 3.8) is 0 Å². The molecule has 3 aromatic carbocycles. The van der Waals surface area contributed by atoms with Crippen LogP contribution in [0.1, 0.15) is 30.5 Å². The summed E-state index contributed by atoms with van der Waals surface area (Å²) in [5, 5.41) is 12.1. The van der Waals surface area contributed by atoms with E-state index in [-0.39, 0.29) is 12.1 Å². The highest BCUT2D eigenvalue weighted by atomic mass is 16.5. The number of hydrogen-bond donors (Lipinski definition) is 1. The highest BCUT2D eigenvalue weighted by Crippen LogP contribution is 2.31. The summed E-state index contributed by atoms with van der Waals surface area (Å²) in [6, 6.07) is 21.9. The first kappa shape index (κ1) is 17.4. The fourth-order valence-corrected chi connectivity index (χ4v) is 3.91. The molecule has 0 spiro atoms. The summed E-state index contributed by atoms with van der Waals surface area (Å²) in [5.41, 5.74) is 2.21. The van der Waals surface area contributed by atoms with Gasteiger partial charge in [0.1, 0.15) is 11.9 Å². The lowest BCUT2D eigenvalue weighted by Gasteiger charge is -2.33. The molecule has 1 aliphatic heterocycles. The van der Waals surface area contributed by atoms with E-state index in [1.807, 2.05) is 49.4 Å². The van der Waals surface area contributed by atoms with Crippen LogP contribution in [0, 0.1) is 0 Å². The van der Waals surface area contributed by atoms with Gasteiger partial charge >= 0.3 is 6.09 Å². The van der Waals surface area contributed by atoms with Gasteiger partial charge in [-0.25, -0.2) is 4.79 Å². The molecule has 138 valence electrons. The normalized spacial score (nSPS) is 17.0. The first-order valence-corrected chi connectivity index (χ1v) is 9.35. The van der Waals surface area contributed by atoms with Crippen LogP contribution in [0.5, 0.6) is 5.75 Å². The highest BCUT2D eigenvalue weighted by Gasteiger charge is 2.28. The molecule has 0 fully saturated rings. The maximum atomic E-state index is 12.0. The Kier molecular flexibility index (Phi) is 4.71. The Hall–Kier alpha value is -3.01. The van der Waals surface area contributed by atoms with E-state index in [1.54, 1.807) is 0 Å². The van der Waals surface area contributed by atoms with Crippen molar-refractivity contribution in [1.82, 2.24) is 4.90 Å². The van der Waals surface area contributed by atoms with E-state index < -0.39 is 6.09 Å². The summed E-state index contributed by atoms with van der Waals surface area (Å²) in [4.78, 5) is 13.5. The summed E-state index contributed by atoms with van der Waals surface area (Å²) >= 11 is 0. The molecule has 4 rings (SSSR count). The van der Waals surface area contributed by atoms with Crippen LogP contribution >= 0.6 is 0 Å². The molecule has 0 unspecified atom stereocenters. The fraction of sp³-hybridized carbons (Fsp3) is 0.261. The minimum Gasteiger partial charge on any atom is -0.488 e. The molecule has 0 aliphatic carbocycles. The van der Waals surface area contributed by atoms with Gasteiger partial charge in [0.15, 0.2) is 0 Å². The lowest BCUT2D eigenvalue weighted by Crippen LogP contribution is -2.41. The number of carbonyl (C=O) groups is 1. The van der Waals surface area contributed by atoms with E-state index in [4.69, 9.17) is 4.74 Å². The van der Waals surface area contributed by atoms with E-state index in [1.165, 1.54) is 10.5 Å². The van der Waals surface area contributed by atoms with E-state index >= 15 is 0 Å². The Bertz CT molecular complexity index is 963. The van der Waals surface area contributed by atoms with Crippen molar-refractivity contribution in [1.29, 1.82) is 0 Å². The molecule has 2 atom stereocenters. The Morgan fingerprint density at radius 3 is 2.70 bits per heavy atom. The molecule has 4 heteroatoms. The maximum absolute atomic E-state index is 12.0. The lowest BCUT2D eigenvalue weighted by molar-refractivity contribution is 0.0819. The summed E-state index contributed by atoms with van der Waals surface area (Å²) in [6.07, 6.45) is 0.686. The molecule has 0 aromatic heterocycles. The van der Waals surface area contributed by atoms with E-state index in [0.717, 1.165) is 34.9 Å². The zero-order valence-corrected chi connectivity index (χ0v) is 15.3. The predicted molar refractivity (Wildman–Crippen MR) is 106 cm³/mol. The second-order valence-electron chi connectivity index (χ2n) is 7.07. The number of benzene rings is 3. The van der Waals surface area contributed by atoms with Gasteiger partial charge in [-0.15, -0.1) is 0 Å². The van der Waals surface area contributed by atoms with Crippen molar-refractivity contribution < 1.29 is 14.6 Å². The molecular weight excluding hydrogens is 338 g/mol. The summed E-state index contributed by atoms with van der Waals surface area (Å²) in [5.74, 6) is 0.872. The zero-order valence-electron chi connectivity index (χ0n) is 15.3. The predicted octanol–water partition coefficient (Wildman–Crippen LogP) is 5.27.